The number of rotatable bonds is 6. The molecule has 0 atom stereocenters. The van der Waals surface area contributed by atoms with Gasteiger partial charge in [0.15, 0.2) is 11.5 Å². The topological polar surface area (TPSA) is 55.6 Å². The van der Waals surface area contributed by atoms with E-state index in [4.69, 9.17) is 11.6 Å². The molecule has 0 amide bonds. The van der Waals surface area contributed by atoms with Gasteiger partial charge in [-0.15, -0.1) is 0 Å². The van der Waals surface area contributed by atoms with Crippen molar-refractivity contribution in [2.24, 2.45) is 0 Å². The first-order chi connectivity index (χ1) is 12.9. The third-order valence-electron chi connectivity index (χ3n) is 4.41. The minimum Gasteiger partial charge on any atom is -0.365 e. The summed E-state index contributed by atoms with van der Waals surface area (Å²) in [5.74, 6) is -0.983. The first-order valence-electron chi connectivity index (χ1n) is 8.71. The van der Waals surface area contributed by atoms with E-state index in [2.05, 4.69) is 20.3 Å². The van der Waals surface area contributed by atoms with E-state index in [0.717, 1.165) is 31.2 Å². The van der Waals surface area contributed by atoms with Crippen molar-refractivity contribution in [2.75, 3.05) is 5.32 Å². The first-order valence-corrected chi connectivity index (χ1v) is 9.09. The number of nitrogens with zero attached hydrogens (tertiary/aromatic N) is 4. The highest BCUT2D eigenvalue weighted by atomic mass is 35.5. The Kier molecular flexibility index (Phi) is 4.67. The van der Waals surface area contributed by atoms with E-state index in [-0.39, 0.29) is 17.5 Å². The number of halogens is 4. The van der Waals surface area contributed by atoms with Crippen molar-refractivity contribution < 1.29 is 13.2 Å². The lowest BCUT2D eigenvalue weighted by Gasteiger charge is -2.10. The van der Waals surface area contributed by atoms with E-state index in [9.17, 15) is 13.2 Å². The van der Waals surface area contributed by atoms with Gasteiger partial charge in [-0.2, -0.15) is 13.2 Å². The van der Waals surface area contributed by atoms with Crippen LogP contribution in [0.2, 0.25) is 5.02 Å². The highest BCUT2D eigenvalue weighted by Crippen LogP contribution is 2.32. The van der Waals surface area contributed by atoms with Crippen LogP contribution in [0, 0.1) is 0 Å². The number of aromatic nitrogens is 4. The van der Waals surface area contributed by atoms with Gasteiger partial charge in [-0.1, -0.05) is 23.7 Å². The van der Waals surface area contributed by atoms with E-state index in [1.807, 2.05) is 24.3 Å². The number of alkyl halides is 3. The maximum absolute atomic E-state index is 13.2. The Morgan fingerprint density at radius 1 is 1.15 bits per heavy atom. The van der Waals surface area contributed by atoms with Crippen LogP contribution in [-0.4, -0.2) is 25.6 Å². The van der Waals surface area contributed by atoms with Gasteiger partial charge in [0.2, 0.25) is 5.82 Å². The highest BCUT2D eigenvalue weighted by molar-refractivity contribution is 6.30. The van der Waals surface area contributed by atoms with Crippen LogP contribution >= 0.6 is 11.6 Å². The van der Waals surface area contributed by atoms with Gasteiger partial charge in [-0.25, -0.2) is 15.0 Å². The normalized spacial score (nSPS) is 14.7. The molecule has 4 rings (SSSR count). The first kappa shape index (κ1) is 18.0. The number of imidazole rings is 1. The fourth-order valence-electron chi connectivity index (χ4n) is 2.86. The molecule has 0 saturated heterocycles. The Morgan fingerprint density at radius 3 is 2.56 bits per heavy atom. The number of hydrogen-bond donors (Lipinski definition) is 1. The van der Waals surface area contributed by atoms with Crippen molar-refractivity contribution in [3.63, 3.8) is 0 Å². The number of benzene rings is 1. The van der Waals surface area contributed by atoms with Gasteiger partial charge in [0.05, 0.1) is 6.33 Å². The van der Waals surface area contributed by atoms with Crippen LogP contribution in [0.25, 0.3) is 11.2 Å². The van der Waals surface area contributed by atoms with Gasteiger partial charge in [0.1, 0.15) is 5.52 Å². The molecule has 0 aliphatic heterocycles. The molecular weight excluding hydrogens is 379 g/mol. The van der Waals surface area contributed by atoms with E-state index in [0.29, 0.717) is 17.1 Å². The van der Waals surface area contributed by atoms with Crippen molar-refractivity contribution >= 4 is 28.6 Å². The molecule has 1 fully saturated rings. The molecule has 27 heavy (non-hydrogen) atoms. The summed E-state index contributed by atoms with van der Waals surface area (Å²) in [5.41, 5.74) is 1.70. The summed E-state index contributed by atoms with van der Waals surface area (Å²) in [6, 6.07) is 7.69. The number of aryl methyl sites for hydroxylation is 2. The van der Waals surface area contributed by atoms with Crippen LogP contribution in [0.3, 0.4) is 0 Å². The number of nitrogens with one attached hydrogen (secondary N) is 1. The minimum absolute atomic E-state index is 0.159. The lowest BCUT2D eigenvalue weighted by Crippen LogP contribution is -2.15. The number of hydrogen-bond acceptors (Lipinski definition) is 4. The lowest BCUT2D eigenvalue weighted by atomic mass is 10.1. The van der Waals surface area contributed by atoms with E-state index in [1.165, 1.54) is 6.33 Å². The average Bonchev–Trinajstić information content (AvgIpc) is 3.34. The molecule has 5 nitrogen and oxygen atoms in total. The molecular formula is C18H17ClF3N5. The Morgan fingerprint density at radius 2 is 1.89 bits per heavy atom. The summed E-state index contributed by atoms with van der Waals surface area (Å²) in [6.07, 6.45) is 0.292. The van der Waals surface area contributed by atoms with Crippen LogP contribution in [0.1, 0.15) is 30.7 Å². The molecule has 2 aromatic heterocycles. The van der Waals surface area contributed by atoms with Gasteiger partial charge in [0.25, 0.3) is 0 Å². The molecule has 0 spiro atoms. The average molecular weight is 396 g/mol. The molecule has 1 saturated carbocycles. The van der Waals surface area contributed by atoms with E-state index < -0.39 is 12.0 Å². The predicted octanol–water partition coefficient (Wildman–Crippen LogP) is 4.71. The fourth-order valence-corrected chi connectivity index (χ4v) is 2.99. The maximum Gasteiger partial charge on any atom is 0.451 e. The molecule has 0 radical (unpaired) electrons. The van der Waals surface area contributed by atoms with Crippen molar-refractivity contribution in [1.29, 1.82) is 0 Å². The Hall–Kier alpha value is -2.35. The molecule has 1 aromatic carbocycles. The summed E-state index contributed by atoms with van der Waals surface area (Å²) in [6.45, 7) is 0.510. The molecule has 3 aromatic rings. The monoisotopic (exact) mass is 395 g/mol. The Bertz CT molecular complexity index is 948. The number of anilines is 1. The molecule has 2 heterocycles. The SMILES string of the molecule is FC(F)(F)c1nc(NC2CC2)c2ncn(CCCc3ccc(Cl)cc3)c2n1. The summed E-state index contributed by atoms with van der Waals surface area (Å²) < 4.78 is 41.3. The largest absolute Gasteiger partial charge is 0.451 e. The zero-order valence-electron chi connectivity index (χ0n) is 14.3. The van der Waals surface area contributed by atoms with E-state index >= 15 is 0 Å². The summed E-state index contributed by atoms with van der Waals surface area (Å²) in [7, 11) is 0. The predicted molar refractivity (Wildman–Crippen MR) is 96.7 cm³/mol. The smallest absolute Gasteiger partial charge is 0.365 e. The summed E-state index contributed by atoms with van der Waals surface area (Å²) in [4.78, 5) is 11.7. The molecule has 1 aliphatic rings. The molecule has 0 bridgehead atoms. The highest BCUT2D eigenvalue weighted by Gasteiger charge is 2.37. The van der Waals surface area contributed by atoms with Gasteiger partial charge in [-0.05, 0) is 43.4 Å². The second-order valence-corrected chi connectivity index (χ2v) is 7.09. The van der Waals surface area contributed by atoms with Crippen LogP contribution < -0.4 is 5.32 Å². The van der Waals surface area contributed by atoms with Gasteiger partial charge in [0, 0.05) is 17.6 Å². The van der Waals surface area contributed by atoms with Crippen LogP contribution in [-0.2, 0) is 19.1 Å². The van der Waals surface area contributed by atoms with Gasteiger partial charge < -0.3 is 9.88 Å². The second-order valence-electron chi connectivity index (χ2n) is 6.65. The standard InChI is InChI=1S/C18H17ClF3N5/c19-12-5-3-11(4-6-12)2-1-9-27-10-23-14-15(24-13-7-8-13)25-17(18(20,21)22)26-16(14)27/h3-6,10,13H,1-2,7-9H2,(H,24,25,26). The van der Waals surface area contributed by atoms with Crippen molar-refractivity contribution in [1.82, 2.24) is 19.5 Å². The zero-order valence-corrected chi connectivity index (χ0v) is 15.1. The van der Waals surface area contributed by atoms with Crippen LogP contribution in [0.4, 0.5) is 19.0 Å². The lowest BCUT2D eigenvalue weighted by molar-refractivity contribution is -0.144. The molecule has 1 N–H and O–H groups in total. The maximum atomic E-state index is 13.2. The quantitative estimate of drug-likeness (QED) is 0.657. The fraction of sp³-hybridized carbons (Fsp3) is 0.389. The second kappa shape index (κ2) is 6.99. The van der Waals surface area contributed by atoms with Crippen LogP contribution in [0.15, 0.2) is 30.6 Å². The van der Waals surface area contributed by atoms with Crippen molar-refractivity contribution in [3.05, 3.63) is 47.0 Å². The van der Waals surface area contributed by atoms with Gasteiger partial charge >= 0.3 is 6.18 Å². The van der Waals surface area contributed by atoms with Gasteiger partial charge in [-0.3, -0.25) is 0 Å². The summed E-state index contributed by atoms with van der Waals surface area (Å²) >= 11 is 5.87. The molecule has 9 heteroatoms. The van der Waals surface area contributed by atoms with E-state index in [1.54, 1.807) is 4.57 Å². The summed E-state index contributed by atoms with van der Waals surface area (Å²) in [5, 5.41) is 3.71. The molecule has 142 valence electrons. The zero-order chi connectivity index (χ0) is 19.0. The number of fused-ring (bicyclic) bond motifs is 1. The third-order valence-corrected chi connectivity index (χ3v) is 4.67. The molecule has 0 unspecified atom stereocenters. The molecule has 1 aliphatic carbocycles. The van der Waals surface area contributed by atoms with Crippen molar-refractivity contribution in [3.8, 4) is 0 Å². The third kappa shape index (κ3) is 4.16. The Balaban J connectivity index is 1.57. The Labute approximate surface area is 158 Å². The van der Waals surface area contributed by atoms with Crippen LogP contribution in [0.5, 0.6) is 0 Å². The van der Waals surface area contributed by atoms with Crippen molar-refractivity contribution in [2.45, 2.75) is 44.4 Å². The minimum atomic E-state index is -4.60.